The van der Waals surface area contributed by atoms with Crippen LogP contribution in [0.25, 0.3) is 38.8 Å². The van der Waals surface area contributed by atoms with E-state index in [0.29, 0.717) is 28.0 Å². The number of nitrogens with zero attached hydrogens (tertiary/aromatic N) is 4. The molecule has 3 aromatic heterocycles. The van der Waals surface area contributed by atoms with Gasteiger partial charge in [0.05, 0.1) is 19.1 Å². The summed E-state index contributed by atoms with van der Waals surface area (Å²) in [5.41, 5.74) is 2.47. The zero-order valence-corrected chi connectivity index (χ0v) is 20.5. The second-order valence-electron chi connectivity index (χ2n) is 9.05. The van der Waals surface area contributed by atoms with E-state index in [9.17, 15) is 4.79 Å². The molecule has 0 saturated carbocycles. The van der Waals surface area contributed by atoms with Crippen LogP contribution < -0.4 is 15.0 Å². The van der Waals surface area contributed by atoms with Crippen molar-refractivity contribution in [1.82, 2.24) is 19.3 Å². The number of ether oxygens (including phenoxy) is 2. The first-order valence-corrected chi connectivity index (χ1v) is 11.6. The number of aryl methyl sites for hydroxylation is 1. The van der Waals surface area contributed by atoms with Crippen LogP contribution in [0.1, 0.15) is 0 Å². The third-order valence-corrected chi connectivity index (χ3v) is 5.76. The molecule has 0 aliphatic rings. The third kappa shape index (κ3) is 5.28. The van der Waals surface area contributed by atoms with E-state index in [-0.39, 0.29) is 17.8 Å². The SMILES string of the molecule is [B]CC([B])([B])Oc1ccc2cc(-c3ccc4nn(C)cc4c3)c(=O)n(-c3ccc(OC([B])([B])[B])cc3)c2n1. The van der Waals surface area contributed by atoms with Gasteiger partial charge < -0.3 is 9.47 Å². The molecular formula is C25H16B6N4O3. The summed E-state index contributed by atoms with van der Waals surface area (Å²) in [5, 5.41) is 2.48. The first-order valence-electron chi connectivity index (χ1n) is 11.6. The number of fused-ring (bicyclic) bond motifs is 2. The second kappa shape index (κ2) is 9.53. The van der Waals surface area contributed by atoms with Gasteiger partial charge in [-0.2, -0.15) is 10.1 Å². The molecule has 38 heavy (non-hydrogen) atoms. The standard InChI is InChI=1S/C25H16B6N4O3/c1-34-12-16-10-14(2-8-20(16)33-34)19-11-15-3-9-21(38-24(27,28)13-26)32-22(15)35(23(19)36)17-4-6-18(7-5-17)37-25(29,30)31/h2-12H,13H2,1H3. The van der Waals surface area contributed by atoms with Gasteiger partial charge in [-0.1, -0.05) is 12.4 Å². The maximum absolute atomic E-state index is 14.0. The minimum absolute atomic E-state index is 0.102. The summed E-state index contributed by atoms with van der Waals surface area (Å²) >= 11 is 0. The molecule has 0 bridgehead atoms. The fourth-order valence-electron chi connectivity index (χ4n) is 4.09. The van der Waals surface area contributed by atoms with E-state index in [4.69, 9.17) is 56.6 Å². The maximum atomic E-state index is 14.0. The predicted molar refractivity (Wildman–Crippen MR) is 153 cm³/mol. The van der Waals surface area contributed by atoms with Crippen molar-refractivity contribution in [2.45, 2.75) is 17.0 Å². The van der Waals surface area contributed by atoms with Crippen LogP contribution in [-0.2, 0) is 7.05 Å². The van der Waals surface area contributed by atoms with Gasteiger partial charge in [-0.05, 0) is 59.4 Å². The van der Waals surface area contributed by atoms with Crippen molar-refractivity contribution in [2.75, 3.05) is 0 Å². The minimum atomic E-state index is -1.86. The van der Waals surface area contributed by atoms with Crippen LogP contribution in [0.4, 0.5) is 0 Å². The molecule has 3 heterocycles. The van der Waals surface area contributed by atoms with Crippen LogP contribution in [0.3, 0.4) is 0 Å². The molecule has 0 spiro atoms. The quantitative estimate of drug-likeness (QED) is 0.326. The molecule has 0 saturated heterocycles. The highest BCUT2D eigenvalue weighted by Crippen LogP contribution is 2.28. The molecule has 7 nitrogen and oxygen atoms in total. The van der Waals surface area contributed by atoms with Crippen molar-refractivity contribution < 1.29 is 9.47 Å². The molecule has 0 atom stereocenters. The summed E-state index contributed by atoms with van der Waals surface area (Å²) in [6.45, 7) is 0. The summed E-state index contributed by atoms with van der Waals surface area (Å²) < 4.78 is 14.0. The van der Waals surface area contributed by atoms with Crippen molar-refractivity contribution in [3.63, 3.8) is 0 Å². The topological polar surface area (TPSA) is 71.2 Å². The molecule has 2 aromatic carbocycles. The highest BCUT2D eigenvalue weighted by atomic mass is 16.5. The van der Waals surface area contributed by atoms with E-state index in [1.807, 2.05) is 31.4 Å². The number of hydrogen-bond donors (Lipinski definition) is 0. The Hall–Kier alpha value is -3.74. The molecule has 172 valence electrons. The summed E-state index contributed by atoms with van der Waals surface area (Å²) in [6.07, 6.45) is 1.74. The lowest BCUT2D eigenvalue weighted by molar-refractivity contribution is 0.251. The van der Waals surface area contributed by atoms with Gasteiger partial charge in [0.15, 0.2) is 5.65 Å². The van der Waals surface area contributed by atoms with Crippen molar-refractivity contribution in [1.29, 1.82) is 0 Å². The molecule has 0 aliphatic heterocycles. The molecule has 12 radical (unpaired) electrons. The number of benzene rings is 2. The van der Waals surface area contributed by atoms with Gasteiger partial charge >= 0.3 is 0 Å². The Morgan fingerprint density at radius 2 is 1.63 bits per heavy atom. The zero-order valence-electron chi connectivity index (χ0n) is 20.5. The van der Waals surface area contributed by atoms with Crippen molar-refractivity contribution in [3.8, 4) is 28.4 Å². The van der Waals surface area contributed by atoms with Gasteiger partial charge in [-0.15, -0.1) is 0 Å². The lowest BCUT2D eigenvalue weighted by Crippen LogP contribution is -2.37. The predicted octanol–water partition coefficient (Wildman–Crippen LogP) is 1.39. The maximum Gasteiger partial charge on any atom is 0.264 e. The number of rotatable bonds is 7. The highest BCUT2D eigenvalue weighted by molar-refractivity contribution is 6.58. The van der Waals surface area contributed by atoms with E-state index >= 15 is 0 Å². The Morgan fingerprint density at radius 3 is 2.32 bits per heavy atom. The van der Waals surface area contributed by atoms with Crippen LogP contribution in [0.5, 0.6) is 11.6 Å². The first-order chi connectivity index (χ1) is 17.9. The van der Waals surface area contributed by atoms with Crippen LogP contribution in [0.15, 0.2) is 71.7 Å². The lowest BCUT2D eigenvalue weighted by Gasteiger charge is -2.26. The number of aromatic nitrogens is 4. The average Bonchev–Trinajstić information content (AvgIpc) is 3.22. The molecule has 0 unspecified atom stereocenters. The van der Waals surface area contributed by atoms with Crippen molar-refractivity contribution in [2.24, 2.45) is 7.05 Å². The van der Waals surface area contributed by atoms with E-state index in [1.54, 1.807) is 47.1 Å². The van der Waals surface area contributed by atoms with Gasteiger partial charge in [0.25, 0.3) is 5.56 Å². The Labute approximate surface area is 227 Å². The first kappa shape index (κ1) is 25.9. The van der Waals surface area contributed by atoms with Crippen LogP contribution in [0, 0.1) is 0 Å². The van der Waals surface area contributed by atoms with E-state index in [1.165, 1.54) is 4.57 Å². The van der Waals surface area contributed by atoms with Gasteiger partial charge in [-0.25, -0.2) is 0 Å². The van der Waals surface area contributed by atoms with Gasteiger partial charge in [0.1, 0.15) is 45.0 Å². The molecule has 0 aliphatic carbocycles. The summed E-state index contributed by atoms with van der Waals surface area (Å²) in [7, 11) is 35.8. The van der Waals surface area contributed by atoms with Gasteiger partial charge in [0.2, 0.25) is 5.88 Å². The Bertz CT molecular complexity index is 1710. The van der Waals surface area contributed by atoms with Gasteiger partial charge in [-0.3, -0.25) is 14.0 Å². The molecule has 13 heteroatoms. The molecule has 0 fully saturated rings. The fraction of sp³-hybridized carbons (Fsp3) is 0.160. The largest absolute Gasteiger partial charge is 0.516 e. The van der Waals surface area contributed by atoms with Crippen LogP contribution in [-0.4, -0.2) is 77.1 Å². The highest BCUT2D eigenvalue weighted by Gasteiger charge is 2.19. The molecule has 0 amide bonds. The third-order valence-electron chi connectivity index (χ3n) is 5.76. The van der Waals surface area contributed by atoms with E-state index < -0.39 is 10.7 Å². The Morgan fingerprint density at radius 1 is 0.895 bits per heavy atom. The van der Waals surface area contributed by atoms with Crippen molar-refractivity contribution in [3.05, 3.63) is 77.2 Å². The normalized spacial score (nSPS) is 12.1. The molecule has 0 N–H and O–H groups in total. The monoisotopic (exact) mass is 486 g/mol. The summed E-state index contributed by atoms with van der Waals surface area (Å²) in [6, 6.07) is 17.3. The Balaban J connectivity index is 1.71. The average molecular weight is 485 g/mol. The molecule has 5 aromatic rings. The fourth-order valence-corrected chi connectivity index (χ4v) is 4.09. The summed E-state index contributed by atoms with van der Waals surface area (Å²) in [5.74, 6) is 0.414. The minimum Gasteiger partial charge on any atom is -0.516 e. The Kier molecular flexibility index (Phi) is 6.49. The van der Waals surface area contributed by atoms with Gasteiger partial charge in [0, 0.05) is 41.0 Å². The van der Waals surface area contributed by atoms with E-state index in [2.05, 4.69) is 10.1 Å². The number of hydrogen-bond acceptors (Lipinski definition) is 5. The molecule has 5 rings (SSSR count). The lowest BCUT2D eigenvalue weighted by atomic mass is 9.52. The van der Waals surface area contributed by atoms with Crippen LogP contribution >= 0.6 is 0 Å². The number of pyridine rings is 2. The zero-order chi connectivity index (χ0) is 27.2. The van der Waals surface area contributed by atoms with E-state index in [0.717, 1.165) is 16.5 Å². The second-order valence-corrected chi connectivity index (χ2v) is 9.05. The summed E-state index contributed by atoms with van der Waals surface area (Å²) in [4.78, 5) is 18.5. The molecular weight excluding hydrogens is 469 g/mol. The smallest absolute Gasteiger partial charge is 0.264 e. The van der Waals surface area contributed by atoms with Crippen LogP contribution in [0.2, 0.25) is 6.32 Å². The van der Waals surface area contributed by atoms with Crippen molar-refractivity contribution >= 4 is 69.0 Å².